The molecule has 1 atom stereocenters. The topological polar surface area (TPSA) is 78.3 Å². The molecule has 2 aromatic carbocycles. The molecule has 3 heterocycles. The Morgan fingerprint density at radius 3 is 2.91 bits per heavy atom. The van der Waals surface area contributed by atoms with Gasteiger partial charge in [0.1, 0.15) is 12.4 Å². The Morgan fingerprint density at radius 1 is 1.28 bits per heavy atom. The third-order valence-electron chi connectivity index (χ3n) is 5.52. The van der Waals surface area contributed by atoms with E-state index in [9.17, 15) is 4.79 Å². The van der Waals surface area contributed by atoms with E-state index in [1.807, 2.05) is 49.4 Å². The summed E-state index contributed by atoms with van der Waals surface area (Å²) in [6, 6.07) is 13.7. The summed E-state index contributed by atoms with van der Waals surface area (Å²) in [6.45, 7) is 6.03. The Morgan fingerprint density at radius 2 is 2.12 bits per heavy atom. The van der Waals surface area contributed by atoms with Crippen LogP contribution in [-0.2, 0) is 4.79 Å². The van der Waals surface area contributed by atoms with Crippen LogP contribution >= 0.6 is 11.3 Å². The van der Waals surface area contributed by atoms with Crippen LogP contribution in [0.3, 0.4) is 0 Å². The first-order valence-corrected chi connectivity index (χ1v) is 11.1. The van der Waals surface area contributed by atoms with Crippen LogP contribution in [0.2, 0.25) is 0 Å². The number of hydrogen-bond donors (Lipinski definition) is 1. The lowest BCUT2D eigenvalue weighted by Crippen LogP contribution is -2.25. The Balaban J connectivity index is 1.67. The minimum absolute atomic E-state index is 0.0812. The van der Waals surface area contributed by atoms with Crippen molar-refractivity contribution in [1.29, 1.82) is 0 Å². The quantitative estimate of drug-likeness (QED) is 0.429. The Bertz CT molecular complexity index is 1310. The third-order valence-corrected chi connectivity index (χ3v) is 6.53. The Kier molecular flexibility index (Phi) is 5.14. The van der Waals surface area contributed by atoms with Gasteiger partial charge in [-0.3, -0.25) is 4.79 Å². The highest BCUT2D eigenvalue weighted by Crippen LogP contribution is 2.46. The molecule has 1 aliphatic rings. The van der Waals surface area contributed by atoms with E-state index in [0.717, 1.165) is 27.0 Å². The number of carbonyl (C=O) groups excluding carboxylic acids is 1. The molecule has 0 saturated carbocycles. The number of para-hydroxylation sites is 2. The lowest BCUT2D eigenvalue weighted by molar-refractivity contribution is -0.116. The number of aromatic nitrogens is 3. The first-order chi connectivity index (χ1) is 15.6. The van der Waals surface area contributed by atoms with E-state index >= 15 is 0 Å². The second kappa shape index (κ2) is 8.12. The number of carbonyl (C=O) groups is 1. The molecule has 0 bridgehead atoms. The summed E-state index contributed by atoms with van der Waals surface area (Å²) in [6.07, 6.45) is 1.97. The number of nitrogens with zero attached hydrogens (tertiary/aromatic N) is 3. The largest absolute Gasteiger partial charge is 0.493 e. The summed E-state index contributed by atoms with van der Waals surface area (Å²) in [5.41, 5.74) is 3.58. The van der Waals surface area contributed by atoms with Crippen molar-refractivity contribution in [2.45, 2.75) is 19.3 Å². The molecule has 0 fully saturated rings. The summed E-state index contributed by atoms with van der Waals surface area (Å²) in [5.74, 6) is 1.58. The van der Waals surface area contributed by atoms with Gasteiger partial charge in [0.25, 0.3) is 0 Å². The zero-order valence-electron chi connectivity index (χ0n) is 17.8. The predicted molar refractivity (Wildman–Crippen MR) is 125 cm³/mol. The van der Waals surface area contributed by atoms with Gasteiger partial charge < -0.3 is 14.8 Å². The molecule has 2 aromatic heterocycles. The van der Waals surface area contributed by atoms with Gasteiger partial charge in [0.15, 0.2) is 11.5 Å². The standard InChI is InChI=1S/C24H22N4O3S/c1-4-12-31-22-15(8-7-10-18(22)30-3)16-13-20(29)26-23-21(16)14(2)27-28(23)24-25-17-9-5-6-11-19(17)32-24/h4-11,16H,1,12-13H2,2-3H3,(H,26,29)/t16-/m1/s1. The number of anilines is 1. The molecule has 5 rings (SSSR count). The van der Waals surface area contributed by atoms with Gasteiger partial charge >= 0.3 is 0 Å². The van der Waals surface area contributed by atoms with E-state index < -0.39 is 0 Å². The van der Waals surface area contributed by atoms with E-state index in [4.69, 9.17) is 19.6 Å². The van der Waals surface area contributed by atoms with Gasteiger partial charge in [-0.05, 0) is 25.1 Å². The number of hydrogen-bond acceptors (Lipinski definition) is 6. The smallest absolute Gasteiger partial charge is 0.226 e. The molecule has 1 amide bonds. The van der Waals surface area contributed by atoms with Crippen LogP contribution in [0.4, 0.5) is 5.82 Å². The maximum absolute atomic E-state index is 12.8. The number of fused-ring (bicyclic) bond motifs is 2. The van der Waals surface area contributed by atoms with Gasteiger partial charge in [0.05, 0.1) is 23.0 Å². The van der Waals surface area contributed by atoms with Gasteiger partial charge in [-0.15, -0.1) is 0 Å². The second-order valence-electron chi connectivity index (χ2n) is 7.51. The molecule has 0 radical (unpaired) electrons. The number of ether oxygens (including phenoxy) is 2. The van der Waals surface area contributed by atoms with Crippen molar-refractivity contribution in [2.75, 3.05) is 19.0 Å². The molecule has 7 nitrogen and oxygen atoms in total. The highest BCUT2D eigenvalue weighted by atomic mass is 32.1. The Labute approximate surface area is 189 Å². The van der Waals surface area contributed by atoms with Crippen LogP contribution in [0.1, 0.15) is 29.2 Å². The predicted octanol–water partition coefficient (Wildman–Crippen LogP) is 4.84. The molecule has 32 heavy (non-hydrogen) atoms. The van der Waals surface area contributed by atoms with Crippen molar-refractivity contribution >= 4 is 33.3 Å². The zero-order valence-corrected chi connectivity index (χ0v) is 18.6. The normalized spacial score (nSPS) is 15.3. The van der Waals surface area contributed by atoms with E-state index in [2.05, 4.69) is 11.9 Å². The number of nitrogens with one attached hydrogen (secondary N) is 1. The van der Waals surface area contributed by atoms with Crippen LogP contribution in [-0.4, -0.2) is 34.4 Å². The van der Waals surface area contributed by atoms with Crippen LogP contribution in [0.25, 0.3) is 15.3 Å². The van der Waals surface area contributed by atoms with Crippen molar-refractivity contribution in [2.24, 2.45) is 0 Å². The lowest BCUT2D eigenvalue weighted by atomic mass is 9.85. The maximum atomic E-state index is 12.8. The van der Waals surface area contributed by atoms with Crippen molar-refractivity contribution in [1.82, 2.24) is 14.8 Å². The summed E-state index contributed by atoms with van der Waals surface area (Å²) >= 11 is 1.54. The van der Waals surface area contributed by atoms with Gasteiger partial charge in [-0.1, -0.05) is 48.3 Å². The van der Waals surface area contributed by atoms with Crippen LogP contribution in [0.15, 0.2) is 55.1 Å². The molecule has 4 aromatic rings. The number of benzene rings is 2. The zero-order chi connectivity index (χ0) is 22.2. The summed E-state index contributed by atoms with van der Waals surface area (Å²) in [7, 11) is 1.61. The molecule has 0 spiro atoms. The fourth-order valence-corrected chi connectivity index (χ4v) is 5.09. The number of aryl methyl sites for hydroxylation is 1. The van der Waals surface area contributed by atoms with E-state index in [1.54, 1.807) is 17.9 Å². The second-order valence-corrected chi connectivity index (χ2v) is 8.52. The summed E-state index contributed by atoms with van der Waals surface area (Å²) in [4.78, 5) is 17.5. The molecule has 0 unspecified atom stereocenters. The molecule has 1 aliphatic heterocycles. The highest BCUT2D eigenvalue weighted by Gasteiger charge is 2.35. The van der Waals surface area contributed by atoms with E-state index in [1.165, 1.54) is 11.3 Å². The van der Waals surface area contributed by atoms with Crippen LogP contribution < -0.4 is 14.8 Å². The van der Waals surface area contributed by atoms with Crippen molar-refractivity contribution in [3.63, 3.8) is 0 Å². The molecule has 162 valence electrons. The third kappa shape index (κ3) is 3.33. The van der Waals surface area contributed by atoms with Gasteiger partial charge in [0, 0.05) is 23.5 Å². The average Bonchev–Trinajstić information content (AvgIpc) is 3.37. The van der Waals surface area contributed by atoms with E-state index in [0.29, 0.717) is 29.1 Å². The minimum Gasteiger partial charge on any atom is -0.493 e. The fourth-order valence-electron chi connectivity index (χ4n) is 4.17. The first kappa shape index (κ1) is 20.3. The molecular formula is C24H22N4O3S. The summed E-state index contributed by atoms with van der Waals surface area (Å²) < 4.78 is 14.3. The molecule has 1 N–H and O–H groups in total. The summed E-state index contributed by atoms with van der Waals surface area (Å²) in [5, 5.41) is 8.50. The number of amides is 1. The number of thiazole rings is 1. The van der Waals surface area contributed by atoms with Gasteiger partial charge in [0.2, 0.25) is 11.0 Å². The maximum Gasteiger partial charge on any atom is 0.226 e. The molecule has 0 aliphatic carbocycles. The SMILES string of the molecule is C=CCOc1c(OC)cccc1[C@H]1CC(=O)Nc2c1c(C)nn2-c1nc2ccccc2s1. The van der Waals surface area contributed by atoms with E-state index in [-0.39, 0.29) is 18.2 Å². The molecule has 0 saturated heterocycles. The van der Waals surface area contributed by atoms with Gasteiger partial charge in [-0.25, -0.2) is 4.98 Å². The highest BCUT2D eigenvalue weighted by molar-refractivity contribution is 7.20. The van der Waals surface area contributed by atoms with Crippen LogP contribution in [0.5, 0.6) is 11.5 Å². The van der Waals surface area contributed by atoms with Crippen molar-refractivity contribution in [3.8, 4) is 16.6 Å². The Hall–Kier alpha value is -3.65. The molecular weight excluding hydrogens is 424 g/mol. The first-order valence-electron chi connectivity index (χ1n) is 10.3. The fraction of sp³-hybridized carbons (Fsp3) is 0.208. The molecule has 8 heteroatoms. The van der Waals surface area contributed by atoms with Gasteiger partial charge in [-0.2, -0.15) is 9.78 Å². The monoisotopic (exact) mass is 446 g/mol. The number of methoxy groups -OCH3 is 1. The van der Waals surface area contributed by atoms with Crippen molar-refractivity contribution < 1.29 is 14.3 Å². The minimum atomic E-state index is -0.225. The average molecular weight is 447 g/mol. The number of rotatable bonds is 6. The lowest BCUT2D eigenvalue weighted by Gasteiger charge is -2.26. The van der Waals surface area contributed by atoms with Crippen molar-refractivity contribution in [3.05, 3.63) is 71.9 Å². The van der Waals surface area contributed by atoms with Crippen LogP contribution in [0, 0.1) is 6.92 Å².